The van der Waals surface area contributed by atoms with Crippen molar-refractivity contribution in [1.29, 1.82) is 0 Å². The van der Waals surface area contributed by atoms with Crippen LogP contribution in [0.15, 0.2) is 24.3 Å². The molecule has 3 N–H and O–H groups in total. The molecule has 0 spiro atoms. The fraction of sp³-hybridized carbons (Fsp3) is 0.500. The average Bonchev–Trinajstić information content (AvgIpc) is 2.86. The lowest BCUT2D eigenvalue weighted by Gasteiger charge is -2.16. The Labute approximate surface area is 129 Å². The Morgan fingerprint density at radius 1 is 1.50 bits per heavy atom. The molecule has 1 aromatic carbocycles. The Bertz CT molecular complexity index is 550. The number of amides is 3. The summed E-state index contributed by atoms with van der Waals surface area (Å²) in [7, 11) is 0. The third kappa shape index (κ3) is 4.72. The van der Waals surface area contributed by atoms with Gasteiger partial charge < -0.3 is 16.0 Å². The van der Waals surface area contributed by atoms with Crippen molar-refractivity contribution in [3.05, 3.63) is 35.6 Å². The van der Waals surface area contributed by atoms with E-state index >= 15 is 0 Å². The number of carbonyl (C=O) groups excluding carboxylic acids is 2. The topological polar surface area (TPSA) is 75.4 Å². The molecule has 22 heavy (non-hydrogen) atoms. The molecule has 1 aliphatic rings. The van der Waals surface area contributed by atoms with Gasteiger partial charge in [-0.25, -0.2) is 9.18 Å². The molecule has 120 valence electrons. The molecule has 0 aliphatic carbocycles. The summed E-state index contributed by atoms with van der Waals surface area (Å²) in [5, 5.41) is 2.93. The van der Waals surface area contributed by atoms with Gasteiger partial charge in [0.2, 0.25) is 5.91 Å². The van der Waals surface area contributed by atoms with Crippen LogP contribution in [-0.4, -0.2) is 36.0 Å². The highest BCUT2D eigenvalue weighted by Crippen LogP contribution is 2.14. The van der Waals surface area contributed by atoms with E-state index in [2.05, 4.69) is 5.32 Å². The first kappa shape index (κ1) is 16.3. The van der Waals surface area contributed by atoms with Crippen LogP contribution in [0.5, 0.6) is 0 Å². The maximum absolute atomic E-state index is 13.1. The van der Waals surface area contributed by atoms with Crippen LogP contribution in [0.2, 0.25) is 0 Å². The first-order chi connectivity index (χ1) is 10.4. The van der Waals surface area contributed by atoms with Crippen LogP contribution >= 0.6 is 0 Å². The van der Waals surface area contributed by atoms with E-state index in [1.807, 2.05) is 13.0 Å². The molecule has 1 aromatic rings. The minimum absolute atomic E-state index is 0.0265. The summed E-state index contributed by atoms with van der Waals surface area (Å²) < 4.78 is 13.1. The molecule has 2 rings (SSSR count). The van der Waals surface area contributed by atoms with Gasteiger partial charge in [-0.2, -0.15) is 0 Å². The Morgan fingerprint density at radius 2 is 2.27 bits per heavy atom. The lowest BCUT2D eigenvalue weighted by molar-refractivity contribution is -0.122. The normalized spacial score (nSPS) is 19.0. The molecule has 5 nitrogen and oxygen atoms in total. The second-order valence-corrected chi connectivity index (χ2v) is 5.98. The first-order valence-electron chi connectivity index (χ1n) is 7.52. The number of carbonyl (C=O) groups is 2. The number of nitrogens with two attached hydrogens (primary N) is 1. The van der Waals surface area contributed by atoms with Gasteiger partial charge in [-0.1, -0.05) is 19.1 Å². The highest BCUT2D eigenvalue weighted by atomic mass is 19.1. The van der Waals surface area contributed by atoms with Crippen LogP contribution in [0, 0.1) is 11.7 Å². The van der Waals surface area contributed by atoms with Gasteiger partial charge in [0.15, 0.2) is 0 Å². The highest BCUT2D eigenvalue weighted by molar-refractivity contribution is 5.77. The fourth-order valence-corrected chi connectivity index (χ4v) is 2.82. The number of nitrogens with one attached hydrogen (secondary N) is 1. The van der Waals surface area contributed by atoms with Gasteiger partial charge in [-0.15, -0.1) is 0 Å². The minimum atomic E-state index is -0.448. The van der Waals surface area contributed by atoms with Gasteiger partial charge in [0.25, 0.3) is 0 Å². The minimum Gasteiger partial charge on any atom is -0.352 e. The molecular weight excluding hydrogens is 285 g/mol. The number of rotatable bonds is 5. The van der Waals surface area contributed by atoms with Crippen LogP contribution in [0.1, 0.15) is 25.3 Å². The number of likely N-dealkylation sites (tertiary alicyclic amines) is 1. The number of benzene rings is 1. The molecule has 2 unspecified atom stereocenters. The molecule has 0 aromatic heterocycles. The zero-order valence-corrected chi connectivity index (χ0v) is 12.7. The average molecular weight is 307 g/mol. The van der Waals surface area contributed by atoms with Crippen molar-refractivity contribution in [2.24, 2.45) is 11.7 Å². The quantitative estimate of drug-likeness (QED) is 0.868. The summed E-state index contributed by atoms with van der Waals surface area (Å²) in [6.45, 7) is 3.02. The maximum atomic E-state index is 13.1. The van der Waals surface area contributed by atoms with Crippen molar-refractivity contribution in [3.63, 3.8) is 0 Å². The van der Waals surface area contributed by atoms with Crippen molar-refractivity contribution in [3.8, 4) is 0 Å². The van der Waals surface area contributed by atoms with Crippen LogP contribution < -0.4 is 11.1 Å². The lowest BCUT2D eigenvalue weighted by atomic mass is 9.97. The van der Waals surface area contributed by atoms with Gasteiger partial charge >= 0.3 is 6.03 Å². The Hall–Kier alpha value is -2.11. The highest BCUT2D eigenvalue weighted by Gasteiger charge is 2.26. The van der Waals surface area contributed by atoms with Crippen LogP contribution in [0.4, 0.5) is 9.18 Å². The standard InChI is InChI=1S/C16H22FN3O2/c1-11(7-12-3-2-4-13(17)9-12)8-15(21)19-14-5-6-20(10-14)16(18)22/h2-4,9,11,14H,5-8,10H2,1H3,(H2,18,22)(H,19,21). The molecular formula is C16H22FN3O2. The zero-order valence-electron chi connectivity index (χ0n) is 12.7. The van der Waals surface area contributed by atoms with E-state index in [9.17, 15) is 14.0 Å². The third-order valence-corrected chi connectivity index (χ3v) is 3.87. The summed E-state index contributed by atoms with van der Waals surface area (Å²) in [6.07, 6.45) is 1.76. The SMILES string of the molecule is CC(CC(=O)NC1CCN(C(N)=O)C1)Cc1cccc(F)c1. The predicted octanol–water partition coefficient (Wildman–Crippen LogP) is 1.66. The summed E-state index contributed by atoms with van der Waals surface area (Å²) in [5.74, 6) is -0.178. The number of nitrogens with zero attached hydrogens (tertiary/aromatic N) is 1. The molecule has 1 fully saturated rings. The van der Waals surface area contributed by atoms with Crippen molar-refractivity contribution in [1.82, 2.24) is 10.2 Å². The summed E-state index contributed by atoms with van der Waals surface area (Å²) in [6, 6.07) is 5.97. The van der Waals surface area contributed by atoms with E-state index in [0.29, 0.717) is 25.9 Å². The van der Waals surface area contributed by atoms with Crippen molar-refractivity contribution in [2.45, 2.75) is 32.2 Å². The molecule has 6 heteroatoms. The van der Waals surface area contributed by atoms with E-state index in [4.69, 9.17) is 5.73 Å². The van der Waals surface area contributed by atoms with Gasteiger partial charge in [-0.05, 0) is 36.5 Å². The number of hydrogen-bond acceptors (Lipinski definition) is 2. The zero-order chi connectivity index (χ0) is 16.1. The lowest BCUT2D eigenvalue weighted by Crippen LogP contribution is -2.40. The van der Waals surface area contributed by atoms with Gasteiger partial charge in [0.05, 0.1) is 0 Å². The van der Waals surface area contributed by atoms with E-state index in [1.165, 1.54) is 17.0 Å². The van der Waals surface area contributed by atoms with Gasteiger partial charge in [-0.3, -0.25) is 4.79 Å². The second-order valence-electron chi connectivity index (χ2n) is 5.98. The van der Waals surface area contributed by atoms with E-state index in [0.717, 1.165) is 12.0 Å². The van der Waals surface area contributed by atoms with Crippen LogP contribution in [0.3, 0.4) is 0 Å². The van der Waals surface area contributed by atoms with Crippen LogP contribution in [0.25, 0.3) is 0 Å². The molecule has 1 saturated heterocycles. The Kier molecular flexibility index (Phi) is 5.35. The van der Waals surface area contributed by atoms with E-state index < -0.39 is 6.03 Å². The molecule has 3 amide bonds. The number of halogens is 1. The largest absolute Gasteiger partial charge is 0.352 e. The van der Waals surface area contributed by atoms with Crippen molar-refractivity contribution >= 4 is 11.9 Å². The van der Waals surface area contributed by atoms with E-state index in [-0.39, 0.29) is 23.7 Å². The van der Waals surface area contributed by atoms with Crippen molar-refractivity contribution in [2.75, 3.05) is 13.1 Å². The molecule has 0 saturated carbocycles. The first-order valence-corrected chi connectivity index (χ1v) is 7.52. The third-order valence-electron chi connectivity index (χ3n) is 3.87. The number of urea groups is 1. The van der Waals surface area contributed by atoms with Crippen LogP contribution in [-0.2, 0) is 11.2 Å². The Morgan fingerprint density at radius 3 is 2.91 bits per heavy atom. The summed E-state index contributed by atoms with van der Waals surface area (Å²) in [4.78, 5) is 24.6. The van der Waals surface area contributed by atoms with Crippen molar-refractivity contribution < 1.29 is 14.0 Å². The fourth-order valence-electron chi connectivity index (χ4n) is 2.82. The molecule has 1 heterocycles. The second kappa shape index (κ2) is 7.24. The maximum Gasteiger partial charge on any atom is 0.314 e. The molecule has 0 radical (unpaired) electrons. The van der Waals surface area contributed by atoms with Gasteiger partial charge in [0.1, 0.15) is 5.82 Å². The molecule has 0 bridgehead atoms. The molecule has 2 atom stereocenters. The molecule has 1 aliphatic heterocycles. The summed E-state index contributed by atoms with van der Waals surface area (Å²) in [5.41, 5.74) is 6.10. The Balaban J connectivity index is 1.76. The smallest absolute Gasteiger partial charge is 0.314 e. The van der Waals surface area contributed by atoms with Gasteiger partial charge in [0, 0.05) is 25.6 Å². The van der Waals surface area contributed by atoms with E-state index in [1.54, 1.807) is 6.07 Å². The monoisotopic (exact) mass is 307 g/mol. The predicted molar refractivity (Wildman–Crippen MR) is 81.6 cm³/mol. The number of hydrogen-bond donors (Lipinski definition) is 2. The summed E-state index contributed by atoms with van der Waals surface area (Å²) >= 11 is 0. The number of primary amides is 1.